The van der Waals surface area contributed by atoms with Gasteiger partial charge < -0.3 is 9.59 Å². The molecule has 2 nitrogen and oxygen atoms in total. The summed E-state index contributed by atoms with van der Waals surface area (Å²) >= 11 is 0. The van der Waals surface area contributed by atoms with Gasteiger partial charge in [0.1, 0.15) is 12.6 Å². The second-order valence-corrected chi connectivity index (χ2v) is 14.4. The number of rotatable bonds is 14. The van der Waals surface area contributed by atoms with Crippen LogP contribution in [0.4, 0.5) is 0 Å². The van der Waals surface area contributed by atoms with Crippen molar-refractivity contribution in [3.05, 3.63) is 0 Å². The first-order valence-corrected chi connectivity index (χ1v) is 17.2. The molecule has 1 atom stereocenters. The molecule has 0 bridgehead atoms. The Labute approximate surface area is 228 Å². The molecule has 0 aliphatic heterocycles. The number of unbranched alkanes of at least 4 members (excludes halogenated alkanes) is 3. The van der Waals surface area contributed by atoms with Crippen LogP contribution in [0.1, 0.15) is 161 Å². The van der Waals surface area contributed by atoms with E-state index in [1.54, 1.807) is 6.29 Å². The maximum Gasteiger partial charge on any atom is 0.127 e. The molecule has 0 aromatic carbocycles. The summed E-state index contributed by atoms with van der Waals surface area (Å²) in [5, 5.41) is 0. The van der Waals surface area contributed by atoms with E-state index in [0.29, 0.717) is 11.8 Å². The van der Waals surface area contributed by atoms with Crippen LogP contribution in [0.3, 0.4) is 0 Å². The lowest BCUT2D eigenvalue weighted by molar-refractivity contribution is -0.189. The minimum Gasteiger partial charge on any atom is -0.303 e. The van der Waals surface area contributed by atoms with Gasteiger partial charge in [-0.1, -0.05) is 89.9 Å². The molecule has 5 saturated carbocycles. The SMILES string of the molecule is O=CCCCCCC(C1CCCC1)C(C1CCCC1)(C1CCCC1)C(C=O)(C1CCCC1)C1CCCC1. The molecule has 5 rings (SSSR count). The summed E-state index contributed by atoms with van der Waals surface area (Å²) in [6.45, 7) is 0. The number of carbonyl (C=O) groups excluding carboxylic acids is 2. The second-order valence-electron chi connectivity index (χ2n) is 14.4. The van der Waals surface area contributed by atoms with Gasteiger partial charge in [-0.15, -0.1) is 0 Å². The zero-order valence-corrected chi connectivity index (χ0v) is 24.1. The van der Waals surface area contributed by atoms with Gasteiger partial charge in [0.15, 0.2) is 0 Å². The predicted octanol–water partition coefficient (Wildman–Crippen LogP) is 9.87. The third-order valence-electron chi connectivity index (χ3n) is 13.0. The highest BCUT2D eigenvalue weighted by atomic mass is 16.1. The van der Waals surface area contributed by atoms with Gasteiger partial charge in [0, 0.05) is 11.8 Å². The Balaban J connectivity index is 1.66. The quantitative estimate of drug-likeness (QED) is 0.172. The number of hydrogen-bond donors (Lipinski definition) is 0. The average molecular weight is 511 g/mol. The number of aldehydes is 2. The van der Waals surface area contributed by atoms with Crippen LogP contribution in [-0.2, 0) is 9.59 Å². The van der Waals surface area contributed by atoms with Crippen LogP contribution in [-0.4, -0.2) is 12.6 Å². The number of hydrogen-bond acceptors (Lipinski definition) is 2. The van der Waals surface area contributed by atoms with E-state index < -0.39 is 0 Å². The Kier molecular flexibility index (Phi) is 9.90. The Morgan fingerprint density at radius 1 is 0.541 bits per heavy atom. The van der Waals surface area contributed by atoms with Crippen molar-refractivity contribution in [1.82, 2.24) is 0 Å². The Bertz CT molecular complexity index is 665. The van der Waals surface area contributed by atoms with Gasteiger partial charge in [-0.05, 0) is 105 Å². The molecule has 0 N–H and O–H groups in total. The Hall–Kier alpha value is -0.660. The van der Waals surface area contributed by atoms with Gasteiger partial charge in [0.2, 0.25) is 0 Å². The van der Waals surface area contributed by atoms with Crippen molar-refractivity contribution in [3.8, 4) is 0 Å². The van der Waals surface area contributed by atoms with Crippen LogP contribution in [0.2, 0.25) is 0 Å². The molecule has 5 aliphatic carbocycles. The predicted molar refractivity (Wildman–Crippen MR) is 153 cm³/mol. The van der Waals surface area contributed by atoms with Gasteiger partial charge >= 0.3 is 0 Å². The summed E-state index contributed by atoms with van der Waals surface area (Å²) in [6.07, 6.45) is 36.1. The first-order valence-electron chi connectivity index (χ1n) is 17.2. The molecule has 0 amide bonds. The van der Waals surface area contributed by atoms with Crippen molar-refractivity contribution >= 4 is 12.6 Å². The molecule has 5 aliphatic rings. The lowest BCUT2D eigenvalue weighted by Crippen LogP contribution is -2.63. The van der Waals surface area contributed by atoms with Gasteiger partial charge in [-0.2, -0.15) is 0 Å². The van der Waals surface area contributed by atoms with Crippen molar-refractivity contribution in [2.75, 3.05) is 0 Å². The topological polar surface area (TPSA) is 34.1 Å². The van der Waals surface area contributed by atoms with E-state index >= 15 is 0 Å². The average Bonchev–Trinajstić information content (AvgIpc) is 3.77. The van der Waals surface area contributed by atoms with Crippen molar-refractivity contribution in [3.63, 3.8) is 0 Å². The van der Waals surface area contributed by atoms with Gasteiger partial charge in [-0.3, -0.25) is 0 Å². The maximum absolute atomic E-state index is 14.3. The first kappa shape index (κ1) is 27.9. The van der Waals surface area contributed by atoms with E-state index in [0.717, 1.165) is 42.8 Å². The molecule has 0 radical (unpaired) electrons. The maximum atomic E-state index is 14.3. The second kappa shape index (κ2) is 13.1. The van der Waals surface area contributed by atoms with E-state index in [4.69, 9.17) is 0 Å². The Morgan fingerprint density at radius 2 is 0.973 bits per heavy atom. The van der Waals surface area contributed by atoms with E-state index in [1.807, 2.05) is 0 Å². The minimum atomic E-state index is -0.0694. The van der Waals surface area contributed by atoms with Gasteiger partial charge in [0.25, 0.3) is 0 Å². The summed E-state index contributed by atoms with van der Waals surface area (Å²) < 4.78 is 0. The molecule has 0 heterocycles. The Morgan fingerprint density at radius 3 is 1.41 bits per heavy atom. The standard InChI is InChI=1S/C35H58O2/c36-26-14-2-1-3-25-33(28-15-4-5-16-28)35(31-21-10-11-22-31,32-23-12-13-24-32)34(27-37,29-17-6-7-18-29)30-19-8-9-20-30/h26-33H,1-25H2. The molecular formula is C35H58O2. The fourth-order valence-electron chi connectivity index (χ4n) is 11.9. The van der Waals surface area contributed by atoms with Crippen molar-refractivity contribution in [2.24, 2.45) is 46.3 Å². The molecule has 0 saturated heterocycles. The minimum absolute atomic E-state index is 0.0694. The third-order valence-corrected chi connectivity index (χ3v) is 13.0. The number of carbonyl (C=O) groups is 2. The largest absolute Gasteiger partial charge is 0.303 e. The van der Waals surface area contributed by atoms with Crippen molar-refractivity contribution in [1.29, 1.82) is 0 Å². The van der Waals surface area contributed by atoms with Crippen LogP contribution in [0, 0.1) is 46.3 Å². The zero-order chi connectivity index (χ0) is 25.6. The summed E-state index contributed by atoms with van der Waals surface area (Å²) in [6, 6.07) is 0. The van der Waals surface area contributed by atoms with Crippen LogP contribution >= 0.6 is 0 Å². The summed E-state index contributed by atoms with van der Waals surface area (Å²) in [4.78, 5) is 25.3. The fourth-order valence-corrected chi connectivity index (χ4v) is 11.9. The molecule has 2 heteroatoms. The van der Waals surface area contributed by atoms with Gasteiger partial charge in [0.05, 0.1) is 0 Å². The van der Waals surface area contributed by atoms with Gasteiger partial charge in [-0.25, -0.2) is 0 Å². The normalized spacial score (nSPS) is 26.5. The van der Waals surface area contributed by atoms with E-state index in [2.05, 4.69) is 0 Å². The first-order chi connectivity index (χ1) is 18.3. The highest BCUT2D eigenvalue weighted by Crippen LogP contribution is 2.72. The lowest BCUT2D eigenvalue weighted by Gasteiger charge is -2.65. The molecule has 210 valence electrons. The molecular weight excluding hydrogens is 452 g/mol. The van der Waals surface area contributed by atoms with E-state index in [1.165, 1.54) is 148 Å². The van der Waals surface area contributed by atoms with Crippen molar-refractivity contribution in [2.45, 2.75) is 161 Å². The molecule has 37 heavy (non-hydrogen) atoms. The zero-order valence-electron chi connectivity index (χ0n) is 24.1. The monoisotopic (exact) mass is 510 g/mol. The van der Waals surface area contributed by atoms with E-state index in [-0.39, 0.29) is 10.8 Å². The smallest absolute Gasteiger partial charge is 0.127 e. The molecule has 0 spiro atoms. The molecule has 0 aromatic rings. The summed E-state index contributed by atoms with van der Waals surface area (Å²) in [5.74, 6) is 4.44. The molecule has 5 fully saturated rings. The summed E-state index contributed by atoms with van der Waals surface area (Å²) in [7, 11) is 0. The third kappa shape index (κ3) is 5.15. The van der Waals surface area contributed by atoms with Crippen molar-refractivity contribution < 1.29 is 9.59 Å². The van der Waals surface area contributed by atoms with Crippen LogP contribution in [0.5, 0.6) is 0 Å². The lowest BCUT2D eigenvalue weighted by atomic mass is 9.38. The summed E-state index contributed by atoms with van der Waals surface area (Å²) in [5.41, 5.74) is 0.172. The molecule has 0 aromatic heterocycles. The fraction of sp³-hybridized carbons (Fsp3) is 0.943. The van der Waals surface area contributed by atoms with E-state index in [9.17, 15) is 9.59 Å². The highest BCUT2D eigenvalue weighted by molar-refractivity contribution is 5.64. The van der Waals surface area contributed by atoms with Crippen LogP contribution in [0.15, 0.2) is 0 Å². The highest BCUT2D eigenvalue weighted by Gasteiger charge is 2.68. The van der Waals surface area contributed by atoms with Crippen LogP contribution in [0.25, 0.3) is 0 Å². The van der Waals surface area contributed by atoms with Crippen LogP contribution < -0.4 is 0 Å². The molecule has 1 unspecified atom stereocenters.